The maximum atomic E-state index is 4.71. The lowest BCUT2D eigenvalue weighted by Gasteiger charge is -2.31. The van der Waals surface area contributed by atoms with Gasteiger partial charge >= 0.3 is 0 Å². The van der Waals surface area contributed by atoms with Crippen LogP contribution in [0.15, 0.2) is 6.07 Å². The second-order valence-electron chi connectivity index (χ2n) is 7.78. The number of aromatic nitrogens is 3. The molecule has 0 radical (unpaired) electrons. The number of aryl methyl sites for hydroxylation is 2. The van der Waals surface area contributed by atoms with E-state index in [9.17, 15) is 0 Å². The summed E-state index contributed by atoms with van der Waals surface area (Å²) in [5.41, 5.74) is 3.29. The Balaban J connectivity index is 1.64. The van der Waals surface area contributed by atoms with Gasteiger partial charge in [0, 0.05) is 30.7 Å². The smallest absolute Gasteiger partial charge is 0.226 e. The number of rotatable bonds is 4. The quantitative estimate of drug-likeness (QED) is 0.892. The molecule has 1 saturated heterocycles. The summed E-state index contributed by atoms with van der Waals surface area (Å²) in [6.45, 7) is 6.25. The molecule has 1 aliphatic heterocycles. The lowest BCUT2D eigenvalue weighted by atomic mass is 9.82. The largest absolute Gasteiger partial charge is 0.372 e. The highest BCUT2D eigenvalue weighted by Crippen LogP contribution is 2.48. The third-order valence-corrected chi connectivity index (χ3v) is 6.18. The van der Waals surface area contributed by atoms with Crippen molar-refractivity contribution in [1.82, 2.24) is 19.9 Å². The highest BCUT2D eigenvalue weighted by molar-refractivity contribution is 5.90. The van der Waals surface area contributed by atoms with Crippen LogP contribution >= 0.6 is 0 Å². The van der Waals surface area contributed by atoms with E-state index in [1.54, 1.807) is 0 Å². The average molecular weight is 340 g/mol. The van der Waals surface area contributed by atoms with E-state index in [2.05, 4.69) is 40.6 Å². The number of hydrogen-bond acceptors (Lipinski definition) is 6. The summed E-state index contributed by atoms with van der Waals surface area (Å²) in [5, 5.41) is 7.77. The first kappa shape index (κ1) is 16.5. The Morgan fingerprint density at radius 3 is 2.88 bits per heavy atom. The number of fused-ring (bicyclic) bond motifs is 2. The molecule has 3 heterocycles. The molecule has 2 atom stereocenters. The molecule has 6 nitrogen and oxygen atoms in total. The van der Waals surface area contributed by atoms with Crippen LogP contribution in [-0.4, -0.2) is 53.1 Å². The zero-order valence-electron chi connectivity index (χ0n) is 15.7. The van der Waals surface area contributed by atoms with Crippen molar-refractivity contribution in [2.45, 2.75) is 45.6 Å². The molecular formula is C19H28N6. The van der Waals surface area contributed by atoms with Gasteiger partial charge in [-0.25, -0.2) is 4.98 Å². The Kier molecular flexibility index (Phi) is 4.02. The van der Waals surface area contributed by atoms with Gasteiger partial charge in [0.15, 0.2) is 5.65 Å². The highest BCUT2D eigenvalue weighted by Gasteiger charge is 2.48. The fourth-order valence-corrected chi connectivity index (χ4v) is 4.94. The van der Waals surface area contributed by atoms with Crippen LogP contribution in [0.3, 0.4) is 0 Å². The van der Waals surface area contributed by atoms with E-state index < -0.39 is 0 Å². The average Bonchev–Trinajstić information content (AvgIpc) is 3.13. The summed E-state index contributed by atoms with van der Waals surface area (Å²) in [6, 6.07) is 2.78. The van der Waals surface area contributed by atoms with Crippen molar-refractivity contribution in [2.24, 2.45) is 5.41 Å². The number of nitrogens with zero attached hydrogens (tertiary/aromatic N) is 4. The van der Waals surface area contributed by atoms with Gasteiger partial charge in [0.1, 0.15) is 5.82 Å². The van der Waals surface area contributed by atoms with Crippen molar-refractivity contribution in [3.8, 4) is 0 Å². The van der Waals surface area contributed by atoms with Gasteiger partial charge in [0.05, 0.1) is 5.39 Å². The minimum Gasteiger partial charge on any atom is -0.372 e. The summed E-state index contributed by atoms with van der Waals surface area (Å²) in [5.74, 6) is 1.53. The standard InChI is InChI=1S/C19H28N6/c1-12-10-13(2)22-17-15(12)16(20-3)23-18(24-17)21-11-19-7-5-6-14(19)25(4)9-8-19/h10,14H,5-9,11H2,1-4H3,(H2,20,21,22,23,24). The van der Waals surface area contributed by atoms with E-state index in [0.717, 1.165) is 34.7 Å². The lowest BCUT2D eigenvalue weighted by Crippen LogP contribution is -2.38. The van der Waals surface area contributed by atoms with E-state index in [1.165, 1.54) is 32.2 Å². The Labute approximate surface area is 149 Å². The summed E-state index contributed by atoms with van der Waals surface area (Å²) in [7, 11) is 4.17. The van der Waals surface area contributed by atoms with Crippen LogP contribution < -0.4 is 10.6 Å². The van der Waals surface area contributed by atoms with Gasteiger partial charge in [-0.2, -0.15) is 9.97 Å². The molecule has 0 aromatic carbocycles. The molecule has 2 fully saturated rings. The topological polar surface area (TPSA) is 66.0 Å². The van der Waals surface area contributed by atoms with Crippen molar-refractivity contribution in [3.63, 3.8) is 0 Å². The predicted octanol–water partition coefficient (Wildman–Crippen LogP) is 2.97. The molecule has 4 rings (SSSR count). The number of nitrogens with one attached hydrogen (secondary N) is 2. The summed E-state index contributed by atoms with van der Waals surface area (Å²) < 4.78 is 0. The molecule has 134 valence electrons. The number of anilines is 2. The second kappa shape index (κ2) is 6.09. The van der Waals surface area contributed by atoms with Crippen molar-refractivity contribution in [2.75, 3.05) is 37.8 Å². The molecule has 0 bridgehead atoms. The molecule has 0 amide bonds. The molecule has 2 aromatic rings. The van der Waals surface area contributed by atoms with E-state index >= 15 is 0 Å². The maximum absolute atomic E-state index is 4.71. The van der Waals surface area contributed by atoms with Crippen LogP contribution in [0.1, 0.15) is 36.9 Å². The fraction of sp³-hybridized carbons (Fsp3) is 0.632. The van der Waals surface area contributed by atoms with Gasteiger partial charge in [-0.05, 0) is 58.3 Å². The van der Waals surface area contributed by atoms with Gasteiger partial charge in [-0.15, -0.1) is 0 Å². The molecule has 1 aliphatic carbocycles. The Bertz CT molecular complexity index is 804. The van der Waals surface area contributed by atoms with Crippen LogP contribution in [-0.2, 0) is 0 Å². The first-order chi connectivity index (χ1) is 12.0. The number of pyridine rings is 1. The molecule has 2 N–H and O–H groups in total. The molecule has 2 aliphatic rings. The molecule has 2 aromatic heterocycles. The molecular weight excluding hydrogens is 312 g/mol. The lowest BCUT2D eigenvalue weighted by molar-refractivity contribution is 0.224. The van der Waals surface area contributed by atoms with Crippen LogP contribution in [0, 0.1) is 19.3 Å². The minimum atomic E-state index is 0.378. The maximum Gasteiger partial charge on any atom is 0.226 e. The zero-order chi connectivity index (χ0) is 17.6. The Hall–Kier alpha value is -1.95. The third kappa shape index (κ3) is 2.72. The van der Waals surface area contributed by atoms with Crippen molar-refractivity contribution >= 4 is 22.8 Å². The molecule has 2 unspecified atom stereocenters. The van der Waals surface area contributed by atoms with Crippen LogP contribution in [0.25, 0.3) is 11.0 Å². The predicted molar refractivity (Wildman–Crippen MR) is 102 cm³/mol. The molecule has 25 heavy (non-hydrogen) atoms. The first-order valence-electron chi connectivity index (χ1n) is 9.30. The normalized spacial score (nSPS) is 26.2. The summed E-state index contributed by atoms with van der Waals surface area (Å²) in [6.07, 6.45) is 5.22. The Morgan fingerprint density at radius 1 is 1.24 bits per heavy atom. The highest BCUT2D eigenvalue weighted by atomic mass is 15.2. The van der Waals surface area contributed by atoms with E-state index in [0.29, 0.717) is 17.4 Å². The van der Waals surface area contributed by atoms with Crippen molar-refractivity contribution in [3.05, 3.63) is 17.3 Å². The van der Waals surface area contributed by atoms with E-state index in [4.69, 9.17) is 9.97 Å². The summed E-state index contributed by atoms with van der Waals surface area (Å²) >= 11 is 0. The van der Waals surface area contributed by atoms with E-state index in [-0.39, 0.29) is 0 Å². The minimum absolute atomic E-state index is 0.378. The monoisotopic (exact) mass is 340 g/mol. The molecule has 0 spiro atoms. The van der Waals surface area contributed by atoms with Crippen LogP contribution in [0.5, 0.6) is 0 Å². The molecule has 1 saturated carbocycles. The second-order valence-corrected chi connectivity index (χ2v) is 7.78. The number of hydrogen-bond donors (Lipinski definition) is 2. The van der Waals surface area contributed by atoms with Gasteiger partial charge in [-0.3, -0.25) is 0 Å². The van der Waals surface area contributed by atoms with Crippen molar-refractivity contribution < 1.29 is 0 Å². The SMILES string of the molecule is CNc1nc(NCC23CCCC2N(C)CC3)nc2nc(C)cc(C)c12. The number of likely N-dealkylation sites (tertiary alicyclic amines) is 1. The van der Waals surface area contributed by atoms with Gasteiger partial charge in [0.2, 0.25) is 5.95 Å². The van der Waals surface area contributed by atoms with Crippen LogP contribution in [0.4, 0.5) is 11.8 Å². The fourth-order valence-electron chi connectivity index (χ4n) is 4.94. The third-order valence-electron chi connectivity index (χ3n) is 6.18. The van der Waals surface area contributed by atoms with Gasteiger partial charge in [0.25, 0.3) is 0 Å². The molecule has 6 heteroatoms. The van der Waals surface area contributed by atoms with Gasteiger partial charge < -0.3 is 15.5 Å². The Morgan fingerprint density at radius 2 is 2.08 bits per heavy atom. The zero-order valence-corrected chi connectivity index (χ0v) is 15.7. The van der Waals surface area contributed by atoms with Gasteiger partial charge in [-0.1, -0.05) is 6.42 Å². The van der Waals surface area contributed by atoms with Crippen LogP contribution in [0.2, 0.25) is 0 Å². The van der Waals surface area contributed by atoms with Crippen molar-refractivity contribution in [1.29, 1.82) is 0 Å². The first-order valence-corrected chi connectivity index (χ1v) is 9.30. The summed E-state index contributed by atoms with van der Waals surface area (Å²) in [4.78, 5) is 16.6. The van der Waals surface area contributed by atoms with E-state index in [1.807, 2.05) is 14.0 Å².